The number of hydrogen-bond acceptors (Lipinski definition) is 6. The van der Waals surface area contributed by atoms with Crippen LogP contribution in [-0.2, 0) is 14.3 Å². The molecule has 0 amide bonds. The fourth-order valence-electron chi connectivity index (χ4n) is 6.07. The van der Waals surface area contributed by atoms with Crippen molar-refractivity contribution in [3.8, 4) is 0 Å². The van der Waals surface area contributed by atoms with Gasteiger partial charge in [0.05, 0.1) is 23.4 Å². The summed E-state index contributed by atoms with van der Waals surface area (Å²) in [5.41, 5.74) is 1.77. The molecule has 2 aliphatic rings. The number of aliphatic hydroxyl groups excluding tert-OH is 1. The number of nitrogens with zero attached hydrogens (tertiary/aromatic N) is 2. The minimum atomic E-state index is -0.573. The van der Waals surface area contributed by atoms with Gasteiger partial charge in [0.1, 0.15) is 11.4 Å². The number of aliphatic hydroxyl groups is 1. The number of aldehydes is 1. The molecule has 7 heteroatoms. The number of carbonyl (C=O) groups excluding carboxylic acids is 2. The summed E-state index contributed by atoms with van der Waals surface area (Å²) in [6, 6.07) is 0.0570. The van der Waals surface area contributed by atoms with Crippen LogP contribution >= 0.6 is 11.6 Å². The summed E-state index contributed by atoms with van der Waals surface area (Å²) in [6.07, 6.45) is 17.5. The summed E-state index contributed by atoms with van der Waals surface area (Å²) in [5.74, 6) is 0.281. The van der Waals surface area contributed by atoms with Crippen molar-refractivity contribution in [3.63, 3.8) is 0 Å². The van der Waals surface area contributed by atoms with Gasteiger partial charge in [-0.3, -0.25) is 14.7 Å². The van der Waals surface area contributed by atoms with Gasteiger partial charge in [0.25, 0.3) is 0 Å². The van der Waals surface area contributed by atoms with Gasteiger partial charge in [-0.2, -0.15) is 0 Å². The Labute approximate surface area is 253 Å². The minimum Gasteiger partial charge on any atom is -0.511 e. The largest absolute Gasteiger partial charge is 0.511 e. The fourth-order valence-corrected chi connectivity index (χ4v) is 6.14. The number of allylic oxidation sites excluding steroid dienone is 7. The molecule has 4 unspecified atom stereocenters. The van der Waals surface area contributed by atoms with Crippen LogP contribution in [0.4, 0.5) is 0 Å². The zero-order valence-corrected chi connectivity index (χ0v) is 27.3. The maximum absolute atomic E-state index is 12.5. The molecule has 4 atom stereocenters. The van der Waals surface area contributed by atoms with E-state index >= 15 is 0 Å². The third-order valence-corrected chi connectivity index (χ3v) is 8.63. The molecular weight excluding hydrogens is 536 g/mol. The van der Waals surface area contributed by atoms with Crippen molar-refractivity contribution in [1.82, 2.24) is 4.90 Å². The molecule has 228 valence electrons. The Bertz CT molecular complexity index is 1110. The molecule has 0 spiro atoms. The number of esters is 1. The number of aliphatic imine (C=N–C) groups is 1. The van der Waals surface area contributed by atoms with Gasteiger partial charge in [0.15, 0.2) is 6.29 Å². The third kappa shape index (κ3) is 10.1. The Kier molecular flexibility index (Phi) is 12.8. The number of rotatable bonds is 11. The van der Waals surface area contributed by atoms with E-state index in [-0.39, 0.29) is 34.1 Å². The molecule has 0 radical (unpaired) electrons. The van der Waals surface area contributed by atoms with Crippen LogP contribution in [0.2, 0.25) is 0 Å². The fraction of sp³-hybridized carbons (Fsp3) is 0.618. The summed E-state index contributed by atoms with van der Waals surface area (Å²) in [7, 11) is 3.55. The monoisotopic (exact) mass is 586 g/mol. The molecule has 2 rings (SSSR count). The van der Waals surface area contributed by atoms with Gasteiger partial charge < -0.3 is 9.84 Å². The molecule has 1 fully saturated rings. The van der Waals surface area contributed by atoms with E-state index in [1.165, 1.54) is 19.6 Å². The lowest BCUT2D eigenvalue weighted by Gasteiger charge is -2.50. The lowest BCUT2D eigenvalue weighted by molar-refractivity contribution is -0.135. The number of methoxy groups -OCH3 is 1. The Morgan fingerprint density at radius 1 is 1.27 bits per heavy atom. The van der Waals surface area contributed by atoms with Gasteiger partial charge >= 0.3 is 5.97 Å². The highest BCUT2D eigenvalue weighted by Crippen LogP contribution is 2.44. The molecule has 6 nitrogen and oxygen atoms in total. The average Bonchev–Trinajstić information content (AvgIpc) is 3.14. The van der Waals surface area contributed by atoms with E-state index in [4.69, 9.17) is 21.3 Å². The van der Waals surface area contributed by atoms with Crippen LogP contribution in [0.5, 0.6) is 0 Å². The maximum Gasteiger partial charge on any atom is 0.337 e. The Balaban J connectivity index is 2.65. The predicted molar refractivity (Wildman–Crippen MR) is 170 cm³/mol. The number of likely N-dealkylation sites (N-methyl/N-ethyl adjacent to an activating group) is 1. The molecule has 0 saturated heterocycles. The van der Waals surface area contributed by atoms with Gasteiger partial charge in [-0.1, -0.05) is 77.4 Å². The van der Waals surface area contributed by atoms with Gasteiger partial charge in [-0.05, 0) is 87.5 Å². The Morgan fingerprint density at radius 3 is 2.44 bits per heavy atom. The first-order chi connectivity index (χ1) is 19.1. The van der Waals surface area contributed by atoms with Crippen LogP contribution in [0.1, 0.15) is 87.0 Å². The van der Waals surface area contributed by atoms with E-state index in [0.29, 0.717) is 29.5 Å². The minimum absolute atomic E-state index is 0.0302. The number of carbonyl (C=O) groups is 2. The first-order valence-electron chi connectivity index (χ1n) is 14.8. The quantitative estimate of drug-likeness (QED) is 0.0869. The van der Waals surface area contributed by atoms with Crippen LogP contribution in [0, 0.1) is 23.2 Å². The highest BCUT2D eigenvalue weighted by atomic mass is 35.5. The molecule has 0 bridgehead atoms. The Hall–Kier alpha value is -2.44. The van der Waals surface area contributed by atoms with Crippen molar-refractivity contribution in [2.24, 2.45) is 28.2 Å². The summed E-state index contributed by atoms with van der Waals surface area (Å²) in [5, 5.41) is 9.93. The second kappa shape index (κ2) is 15.2. The van der Waals surface area contributed by atoms with Gasteiger partial charge in [-0.15, -0.1) is 0 Å². The molecule has 41 heavy (non-hydrogen) atoms. The second-order valence-corrected chi connectivity index (χ2v) is 13.7. The Morgan fingerprint density at radius 2 is 1.90 bits per heavy atom. The van der Waals surface area contributed by atoms with E-state index in [1.54, 1.807) is 6.08 Å². The summed E-state index contributed by atoms with van der Waals surface area (Å²) >= 11 is 6.13. The molecular formula is C34H51ClN2O4. The highest BCUT2D eigenvalue weighted by Gasteiger charge is 2.44. The van der Waals surface area contributed by atoms with E-state index < -0.39 is 5.66 Å². The van der Waals surface area contributed by atoms with Gasteiger partial charge in [0.2, 0.25) is 0 Å². The van der Waals surface area contributed by atoms with E-state index in [0.717, 1.165) is 38.4 Å². The van der Waals surface area contributed by atoms with Crippen molar-refractivity contribution < 1.29 is 19.4 Å². The van der Waals surface area contributed by atoms with E-state index in [1.807, 2.05) is 31.2 Å². The van der Waals surface area contributed by atoms with E-state index in [2.05, 4.69) is 52.6 Å². The van der Waals surface area contributed by atoms with Crippen molar-refractivity contribution in [2.45, 2.75) is 98.7 Å². The predicted octanol–water partition coefficient (Wildman–Crippen LogP) is 8.11. The molecule has 0 aromatic carbocycles. The smallest absolute Gasteiger partial charge is 0.337 e. The van der Waals surface area contributed by atoms with Crippen LogP contribution in [0.3, 0.4) is 0 Å². The first kappa shape index (κ1) is 34.8. The second-order valence-electron chi connectivity index (χ2n) is 13.3. The van der Waals surface area contributed by atoms with Crippen molar-refractivity contribution in [3.05, 3.63) is 58.4 Å². The van der Waals surface area contributed by atoms with Crippen molar-refractivity contribution >= 4 is 29.6 Å². The SMILES string of the molecule is COC(=O)C1=CC=C(C(CCC(C)(C)C)N(C)C2(/N=C(\C=O)C(C)/C=C\C(Cl)=C(/C)O)CC(C)CC(C)C2)CC=C1. The molecule has 0 heterocycles. The molecule has 2 aliphatic carbocycles. The van der Waals surface area contributed by atoms with Crippen molar-refractivity contribution in [1.29, 1.82) is 0 Å². The molecule has 0 aromatic rings. The van der Waals surface area contributed by atoms with E-state index in [9.17, 15) is 14.7 Å². The lowest BCUT2D eigenvalue weighted by atomic mass is 9.74. The van der Waals surface area contributed by atoms with Crippen molar-refractivity contribution in [2.75, 3.05) is 14.2 Å². The number of hydrogen-bond donors (Lipinski definition) is 1. The summed E-state index contributed by atoms with van der Waals surface area (Å²) < 4.78 is 4.96. The lowest BCUT2D eigenvalue weighted by Crippen LogP contribution is -2.55. The highest BCUT2D eigenvalue weighted by molar-refractivity contribution is 6.32. The van der Waals surface area contributed by atoms with Crippen LogP contribution < -0.4 is 0 Å². The molecule has 0 aliphatic heterocycles. The van der Waals surface area contributed by atoms with Crippen LogP contribution in [-0.4, -0.2) is 53.8 Å². The first-order valence-corrected chi connectivity index (χ1v) is 15.2. The molecule has 0 aromatic heterocycles. The number of halogens is 1. The number of ether oxygens (including phenoxy) is 1. The maximum atomic E-state index is 12.5. The molecule has 1 N–H and O–H groups in total. The van der Waals surface area contributed by atoms with Crippen LogP contribution in [0.15, 0.2) is 63.4 Å². The normalized spacial score (nSPS) is 26.2. The summed E-state index contributed by atoms with van der Waals surface area (Å²) in [6.45, 7) is 14.8. The standard InChI is InChI=1S/C34H51ClN2O4/c1-23-19-24(2)21-34(20-23,36-30(22-38)25(3)13-16-29(35)26(4)39)37(8)31(17-18-33(5,6)7)27-11-10-12-28(15-14-27)32(40)41-9/h10,12-16,22-25,31,39H,11,17-21H2,1-9H3/b16-13-,29-26-,36-30+. The van der Waals surface area contributed by atoms with Crippen LogP contribution in [0.25, 0.3) is 0 Å². The molecule has 1 saturated carbocycles. The van der Waals surface area contributed by atoms with Gasteiger partial charge in [0, 0.05) is 12.0 Å². The topological polar surface area (TPSA) is 79.2 Å². The average molecular weight is 587 g/mol. The van der Waals surface area contributed by atoms with Gasteiger partial charge in [-0.25, -0.2) is 4.79 Å². The zero-order valence-electron chi connectivity index (χ0n) is 26.5. The zero-order chi connectivity index (χ0) is 31.0. The third-order valence-electron chi connectivity index (χ3n) is 8.23. The summed E-state index contributed by atoms with van der Waals surface area (Å²) in [4.78, 5) is 32.5.